The predicted octanol–water partition coefficient (Wildman–Crippen LogP) is 2.75. The van der Waals surface area contributed by atoms with Gasteiger partial charge >= 0.3 is 6.01 Å². The van der Waals surface area contributed by atoms with Gasteiger partial charge in [0.25, 0.3) is 0 Å². The summed E-state index contributed by atoms with van der Waals surface area (Å²) in [4.78, 5) is 8.00. The highest BCUT2D eigenvalue weighted by Gasteiger charge is 2.04. The molecule has 0 radical (unpaired) electrons. The molecule has 0 spiro atoms. The van der Waals surface area contributed by atoms with Crippen LogP contribution in [0.25, 0.3) is 0 Å². The molecule has 78 valence electrons. The molecule has 5 heteroatoms. The van der Waals surface area contributed by atoms with Crippen molar-refractivity contribution in [3.8, 4) is 17.8 Å². The summed E-state index contributed by atoms with van der Waals surface area (Å²) in [5, 5.41) is 8.87. The van der Waals surface area contributed by atoms with Crippen molar-refractivity contribution in [3.05, 3.63) is 45.8 Å². The monoisotopic (exact) mass is 323 g/mol. The minimum Gasteiger partial charge on any atom is -0.423 e. The first kappa shape index (κ1) is 10.8. The van der Waals surface area contributed by atoms with E-state index in [1.54, 1.807) is 36.7 Å². The van der Waals surface area contributed by atoms with Gasteiger partial charge in [0, 0.05) is 16.0 Å². The SMILES string of the molecule is N#Cc1ccccc1Oc1ncc(I)cn1. The molecule has 0 saturated carbocycles. The van der Waals surface area contributed by atoms with Crippen molar-refractivity contribution in [2.24, 2.45) is 0 Å². The second kappa shape index (κ2) is 4.90. The predicted molar refractivity (Wildman–Crippen MR) is 66.0 cm³/mol. The number of ether oxygens (including phenoxy) is 1. The van der Waals surface area contributed by atoms with Crippen LogP contribution >= 0.6 is 22.6 Å². The summed E-state index contributed by atoms with van der Waals surface area (Å²) in [6.45, 7) is 0. The standard InChI is InChI=1S/C11H6IN3O/c12-9-6-14-11(15-7-9)16-10-4-2-1-3-8(10)5-13/h1-4,6-7H. The fourth-order valence-corrected chi connectivity index (χ4v) is 1.38. The quantitative estimate of drug-likeness (QED) is 0.798. The molecule has 16 heavy (non-hydrogen) atoms. The zero-order chi connectivity index (χ0) is 11.4. The summed E-state index contributed by atoms with van der Waals surface area (Å²) in [5.41, 5.74) is 0.463. The van der Waals surface area contributed by atoms with Crippen LogP contribution in [0.15, 0.2) is 36.7 Å². The molecule has 2 rings (SSSR count). The minimum atomic E-state index is 0.239. The van der Waals surface area contributed by atoms with Crippen molar-refractivity contribution >= 4 is 22.6 Å². The number of benzene rings is 1. The first-order valence-corrected chi connectivity index (χ1v) is 5.52. The molecule has 0 atom stereocenters. The third-order valence-corrected chi connectivity index (χ3v) is 2.36. The van der Waals surface area contributed by atoms with Crippen LogP contribution in [0.4, 0.5) is 0 Å². The lowest BCUT2D eigenvalue weighted by Crippen LogP contribution is -1.93. The molecule has 0 N–H and O–H groups in total. The van der Waals surface area contributed by atoms with Gasteiger partial charge in [-0.1, -0.05) is 12.1 Å². The Bertz CT molecular complexity index is 534. The zero-order valence-corrected chi connectivity index (χ0v) is 10.2. The van der Waals surface area contributed by atoms with E-state index in [0.29, 0.717) is 11.3 Å². The topological polar surface area (TPSA) is 58.8 Å². The van der Waals surface area contributed by atoms with Gasteiger partial charge in [-0.3, -0.25) is 0 Å². The average molecular weight is 323 g/mol. The van der Waals surface area contributed by atoms with E-state index in [1.165, 1.54) is 0 Å². The van der Waals surface area contributed by atoms with Crippen LogP contribution in [-0.4, -0.2) is 9.97 Å². The van der Waals surface area contributed by atoms with Gasteiger partial charge in [0.15, 0.2) is 0 Å². The van der Waals surface area contributed by atoms with Gasteiger partial charge in [-0.2, -0.15) is 5.26 Å². The first-order valence-electron chi connectivity index (χ1n) is 4.44. The van der Waals surface area contributed by atoms with Crippen LogP contribution in [0.2, 0.25) is 0 Å². The van der Waals surface area contributed by atoms with Crippen LogP contribution < -0.4 is 4.74 Å². The summed E-state index contributed by atoms with van der Waals surface area (Å²) in [5.74, 6) is 0.464. The molecule has 1 aromatic heterocycles. The maximum atomic E-state index is 8.87. The molecule has 2 aromatic rings. The molecular formula is C11H6IN3O. The molecule has 1 heterocycles. The summed E-state index contributed by atoms with van der Waals surface area (Å²) in [7, 11) is 0. The smallest absolute Gasteiger partial charge is 0.321 e. The van der Waals surface area contributed by atoms with Crippen LogP contribution in [0, 0.1) is 14.9 Å². The molecule has 0 saturated heterocycles. The van der Waals surface area contributed by atoms with Crippen LogP contribution in [0.5, 0.6) is 11.8 Å². The second-order valence-corrected chi connectivity index (χ2v) is 4.14. The second-order valence-electron chi connectivity index (χ2n) is 2.89. The number of hydrogen-bond donors (Lipinski definition) is 0. The summed E-state index contributed by atoms with van der Waals surface area (Å²) in [6, 6.07) is 9.25. The van der Waals surface area contributed by atoms with Gasteiger partial charge in [0.2, 0.25) is 0 Å². The Morgan fingerprint density at radius 2 is 1.88 bits per heavy atom. The Morgan fingerprint density at radius 1 is 1.19 bits per heavy atom. The Morgan fingerprint density at radius 3 is 2.56 bits per heavy atom. The van der Waals surface area contributed by atoms with E-state index in [-0.39, 0.29) is 6.01 Å². The molecule has 1 aromatic carbocycles. The van der Waals surface area contributed by atoms with E-state index >= 15 is 0 Å². The van der Waals surface area contributed by atoms with Gasteiger partial charge in [0.1, 0.15) is 11.8 Å². The van der Waals surface area contributed by atoms with Crippen molar-refractivity contribution in [2.45, 2.75) is 0 Å². The van der Waals surface area contributed by atoms with Crippen molar-refractivity contribution < 1.29 is 4.74 Å². The Balaban J connectivity index is 2.27. The molecule has 4 nitrogen and oxygen atoms in total. The molecule has 0 unspecified atom stereocenters. The minimum absolute atomic E-state index is 0.239. The maximum absolute atomic E-state index is 8.87. The molecule has 0 aliphatic carbocycles. The van der Waals surface area contributed by atoms with Gasteiger partial charge < -0.3 is 4.74 Å². The van der Waals surface area contributed by atoms with Gasteiger partial charge in [-0.15, -0.1) is 0 Å². The molecular weight excluding hydrogens is 317 g/mol. The van der Waals surface area contributed by atoms with Gasteiger partial charge in [0.05, 0.1) is 5.56 Å². The average Bonchev–Trinajstić information content (AvgIpc) is 2.33. The number of nitrogens with zero attached hydrogens (tertiary/aromatic N) is 3. The maximum Gasteiger partial charge on any atom is 0.321 e. The van der Waals surface area contributed by atoms with Gasteiger partial charge in [-0.05, 0) is 34.7 Å². The highest BCUT2D eigenvalue weighted by atomic mass is 127. The van der Waals surface area contributed by atoms with Crippen molar-refractivity contribution in [1.29, 1.82) is 5.26 Å². The Hall–Kier alpha value is -1.68. The van der Waals surface area contributed by atoms with E-state index in [9.17, 15) is 0 Å². The van der Waals surface area contributed by atoms with Crippen LogP contribution in [0.1, 0.15) is 5.56 Å². The van der Waals surface area contributed by atoms with E-state index < -0.39 is 0 Å². The van der Waals surface area contributed by atoms with E-state index in [4.69, 9.17) is 10.00 Å². The highest BCUT2D eigenvalue weighted by Crippen LogP contribution is 2.21. The lowest BCUT2D eigenvalue weighted by molar-refractivity contribution is 0.440. The third kappa shape index (κ3) is 2.46. The van der Waals surface area contributed by atoms with Crippen molar-refractivity contribution in [3.63, 3.8) is 0 Å². The number of rotatable bonds is 2. The van der Waals surface area contributed by atoms with E-state index in [1.807, 2.05) is 6.07 Å². The van der Waals surface area contributed by atoms with Crippen molar-refractivity contribution in [1.82, 2.24) is 9.97 Å². The van der Waals surface area contributed by atoms with E-state index in [0.717, 1.165) is 3.57 Å². The molecule has 0 aliphatic rings. The van der Waals surface area contributed by atoms with Crippen molar-refractivity contribution in [2.75, 3.05) is 0 Å². The number of hydrogen-bond acceptors (Lipinski definition) is 4. The Labute approximate surface area is 106 Å². The normalized spacial score (nSPS) is 9.50. The lowest BCUT2D eigenvalue weighted by atomic mass is 10.2. The highest BCUT2D eigenvalue weighted by molar-refractivity contribution is 14.1. The number of halogens is 1. The van der Waals surface area contributed by atoms with E-state index in [2.05, 4.69) is 32.6 Å². The first-order chi connectivity index (χ1) is 7.79. The number of para-hydroxylation sites is 1. The summed E-state index contributed by atoms with van der Waals surface area (Å²) in [6.07, 6.45) is 3.30. The van der Waals surface area contributed by atoms with Crippen LogP contribution in [0.3, 0.4) is 0 Å². The van der Waals surface area contributed by atoms with Crippen LogP contribution in [-0.2, 0) is 0 Å². The Kier molecular flexibility index (Phi) is 3.31. The van der Waals surface area contributed by atoms with Gasteiger partial charge in [-0.25, -0.2) is 9.97 Å². The zero-order valence-electron chi connectivity index (χ0n) is 8.09. The lowest BCUT2D eigenvalue weighted by Gasteiger charge is -2.04. The molecule has 0 aliphatic heterocycles. The fourth-order valence-electron chi connectivity index (χ4n) is 1.10. The number of nitriles is 1. The molecule has 0 fully saturated rings. The number of aromatic nitrogens is 2. The summed E-state index contributed by atoms with van der Waals surface area (Å²) < 4.78 is 6.34. The fraction of sp³-hybridized carbons (Fsp3) is 0. The molecule has 0 amide bonds. The third-order valence-electron chi connectivity index (χ3n) is 1.81. The largest absolute Gasteiger partial charge is 0.423 e. The summed E-state index contributed by atoms with van der Waals surface area (Å²) >= 11 is 2.11. The molecule has 0 bridgehead atoms.